The zero-order valence-corrected chi connectivity index (χ0v) is 25.5. The third kappa shape index (κ3) is 4.34. The molecule has 2 aliphatic heterocycles. The van der Waals surface area contributed by atoms with Crippen LogP contribution in [0.2, 0.25) is 5.02 Å². The number of hydrogen-bond donors (Lipinski definition) is 1. The van der Waals surface area contributed by atoms with Gasteiger partial charge in [0.05, 0.1) is 41.7 Å². The standard InChI is InChI=1S/C36H31ClN2O6/c1-36-27(16-8-20-9-17-29(40)30(18-20)45-2)24-14-15-25-31(34(43)38(32(25)41)23-12-10-21(37)11-13-23)26(24)19-28(36)33(42)39(35(36)44)22-6-4-3-5-7-22/h3-14,16-18,25-28,31,40H,15,19H2,1-2H3. The van der Waals surface area contributed by atoms with Gasteiger partial charge in [0.15, 0.2) is 11.5 Å². The monoisotopic (exact) mass is 622 g/mol. The molecule has 0 bridgehead atoms. The summed E-state index contributed by atoms with van der Waals surface area (Å²) >= 11 is 6.08. The van der Waals surface area contributed by atoms with Gasteiger partial charge in [0.1, 0.15) is 0 Å². The fourth-order valence-corrected chi connectivity index (χ4v) is 8.02. The largest absolute Gasteiger partial charge is 0.504 e. The van der Waals surface area contributed by atoms with Crippen LogP contribution in [-0.4, -0.2) is 35.8 Å². The number of carbonyl (C=O) groups excluding carboxylic acids is 4. The van der Waals surface area contributed by atoms with Crippen molar-refractivity contribution < 1.29 is 29.0 Å². The van der Waals surface area contributed by atoms with Crippen LogP contribution in [0.4, 0.5) is 11.4 Å². The molecule has 228 valence electrons. The molecule has 2 saturated heterocycles. The number of benzene rings is 3. The first-order chi connectivity index (χ1) is 21.6. The van der Waals surface area contributed by atoms with Gasteiger partial charge in [-0.15, -0.1) is 0 Å². The summed E-state index contributed by atoms with van der Waals surface area (Å²) in [5.41, 5.74) is 1.48. The summed E-state index contributed by atoms with van der Waals surface area (Å²) in [5, 5.41) is 10.6. The van der Waals surface area contributed by atoms with Crippen molar-refractivity contribution in [2.24, 2.45) is 35.0 Å². The summed E-state index contributed by atoms with van der Waals surface area (Å²) in [7, 11) is 1.47. The maximum Gasteiger partial charge on any atom is 0.241 e. The minimum atomic E-state index is -1.12. The van der Waals surface area contributed by atoms with E-state index in [2.05, 4.69) is 0 Å². The molecule has 8 nitrogen and oxygen atoms in total. The Labute approximate surface area is 265 Å². The molecule has 1 saturated carbocycles. The predicted molar refractivity (Wildman–Crippen MR) is 169 cm³/mol. The molecular formula is C36H31ClN2O6. The van der Waals surface area contributed by atoms with Gasteiger partial charge < -0.3 is 9.84 Å². The van der Waals surface area contributed by atoms with Crippen molar-refractivity contribution in [3.8, 4) is 11.5 Å². The third-order valence-electron chi connectivity index (χ3n) is 10.1. The third-order valence-corrected chi connectivity index (χ3v) is 10.4. The molecule has 6 unspecified atom stereocenters. The van der Waals surface area contributed by atoms with Gasteiger partial charge in [-0.1, -0.05) is 59.7 Å². The van der Waals surface area contributed by atoms with Gasteiger partial charge in [-0.2, -0.15) is 0 Å². The van der Waals surface area contributed by atoms with E-state index in [1.54, 1.807) is 60.7 Å². The summed E-state index contributed by atoms with van der Waals surface area (Å²) in [6.07, 6.45) is 6.43. The lowest BCUT2D eigenvalue weighted by atomic mass is 9.52. The van der Waals surface area contributed by atoms with Gasteiger partial charge >= 0.3 is 0 Å². The predicted octanol–water partition coefficient (Wildman–Crippen LogP) is 6.04. The molecule has 45 heavy (non-hydrogen) atoms. The zero-order chi connectivity index (χ0) is 31.6. The van der Waals surface area contributed by atoms with Crippen LogP contribution in [0.25, 0.3) is 6.08 Å². The number of amides is 4. The smallest absolute Gasteiger partial charge is 0.241 e. The molecule has 0 spiro atoms. The number of allylic oxidation sites excluding steroid dienone is 3. The second-order valence-corrected chi connectivity index (χ2v) is 12.8. The molecule has 3 aromatic carbocycles. The molecule has 2 aliphatic carbocycles. The van der Waals surface area contributed by atoms with E-state index in [9.17, 15) is 24.3 Å². The molecular weight excluding hydrogens is 592 g/mol. The van der Waals surface area contributed by atoms with Crippen molar-refractivity contribution in [3.05, 3.63) is 101 Å². The van der Waals surface area contributed by atoms with E-state index >= 15 is 0 Å². The lowest BCUT2D eigenvalue weighted by Crippen LogP contribution is -2.49. The number of nitrogens with zero attached hydrogens (tertiary/aromatic N) is 2. The number of fused-ring (bicyclic) bond motifs is 4. The van der Waals surface area contributed by atoms with Crippen LogP contribution in [0, 0.1) is 35.0 Å². The Morgan fingerprint density at radius 1 is 0.889 bits per heavy atom. The number of carbonyl (C=O) groups is 4. The average Bonchev–Trinajstić information content (AvgIpc) is 3.41. The minimum absolute atomic E-state index is 0.00478. The van der Waals surface area contributed by atoms with Gasteiger partial charge in [-0.3, -0.25) is 24.1 Å². The van der Waals surface area contributed by atoms with Crippen LogP contribution in [0.3, 0.4) is 0 Å². The summed E-state index contributed by atoms with van der Waals surface area (Å²) in [4.78, 5) is 58.9. The Balaban J connectivity index is 1.33. The molecule has 3 fully saturated rings. The number of anilines is 2. The van der Waals surface area contributed by atoms with Gasteiger partial charge in [-0.05, 0) is 79.8 Å². The number of imide groups is 2. The van der Waals surface area contributed by atoms with E-state index in [1.807, 2.05) is 31.2 Å². The lowest BCUT2D eigenvalue weighted by Gasteiger charge is -2.47. The van der Waals surface area contributed by atoms with Crippen molar-refractivity contribution in [2.75, 3.05) is 16.9 Å². The van der Waals surface area contributed by atoms with Gasteiger partial charge in [0.25, 0.3) is 0 Å². The minimum Gasteiger partial charge on any atom is -0.504 e. The normalized spacial score (nSPS) is 29.1. The SMILES string of the molecule is COc1cc(C=CC2C3=CCC4C(=O)N(c5ccc(Cl)cc5)C(=O)C4C3CC3C(=O)N(c4ccccc4)C(=O)C23C)ccc1O. The number of methoxy groups -OCH3 is 1. The van der Waals surface area contributed by atoms with E-state index in [-0.39, 0.29) is 35.8 Å². The molecule has 6 atom stereocenters. The van der Waals surface area contributed by atoms with Gasteiger partial charge in [0, 0.05) is 10.9 Å². The van der Waals surface area contributed by atoms with Crippen LogP contribution >= 0.6 is 11.6 Å². The summed E-state index contributed by atoms with van der Waals surface area (Å²) in [6, 6.07) is 20.5. The van der Waals surface area contributed by atoms with Crippen LogP contribution in [0.15, 0.2) is 90.5 Å². The topological polar surface area (TPSA) is 104 Å². The van der Waals surface area contributed by atoms with E-state index in [0.29, 0.717) is 28.6 Å². The molecule has 4 aliphatic rings. The summed E-state index contributed by atoms with van der Waals surface area (Å²) in [5.74, 6) is -3.70. The molecule has 7 rings (SSSR count). The first-order valence-corrected chi connectivity index (χ1v) is 15.3. The fourth-order valence-electron chi connectivity index (χ4n) is 7.89. The van der Waals surface area contributed by atoms with Gasteiger partial charge in [-0.25, -0.2) is 4.90 Å². The van der Waals surface area contributed by atoms with Crippen molar-refractivity contribution in [2.45, 2.75) is 19.8 Å². The second kappa shape index (κ2) is 10.7. The highest BCUT2D eigenvalue weighted by atomic mass is 35.5. The lowest BCUT2D eigenvalue weighted by molar-refractivity contribution is -0.132. The average molecular weight is 623 g/mol. The summed E-state index contributed by atoms with van der Waals surface area (Å²) < 4.78 is 5.29. The Hall–Kier alpha value is -4.69. The van der Waals surface area contributed by atoms with Crippen LogP contribution in [0.1, 0.15) is 25.3 Å². The molecule has 1 N–H and O–H groups in total. The Kier molecular flexibility index (Phi) is 6.93. The van der Waals surface area contributed by atoms with Crippen molar-refractivity contribution in [1.82, 2.24) is 0 Å². The van der Waals surface area contributed by atoms with Crippen molar-refractivity contribution in [3.63, 3.8) is 0 Å². The number of ether oxygens (including phenoxy) is 1. The highest BCUT2D eigenvalue weighted by Gasteiger charge is 2.66. The molecule has 9 heteroatoms. The highest BCUT2D eigenvalue weighted by Crippen LogP contribution is 2.61. The number of hydrogen-bond acceptors (Lipinski definition) is 6. The molecule has 0 radical (unpaired) electrons. The van der Waals surface area contributed by atoms with Crippen molar-refractivity contribution >= 4 is 52.7 Å². The Bertz CT molecular complexity index is 1800. The maximum absolute atomic E-state index is 14.4. The van der Waals surface area contributed by atoms with Crippen molar-refractivity contribution in [1.29, 1.82) is 0 Å². The highest BCUT2D eigenvalue weighted by molar-refractivity contribution is 6.31. The van der Waals surface area contributed by atoms with Crippen LogP contribution < -0.4 is 14.5 Å². The quantitative estimate of drug-likeness (QED) is 0.275. The van der Waals surface area contributed by atoms with Gasteiger partial charge in [0.2, 0.25) is 23.6 Å². The number of halogens is 1. The van der Waals surface area contributed by atoms with E-state index in [0.717, 1.165) is 11.1 Å². The number of phenolic OH excluding ortho intramolecular Hbond substituents is 1. The Morgan fingerprint density at radius 3 is 2.31 bits per heavy atom. The first kappa shape index (κ1) is 29.0. The van der Waals surface area contributed by atoms with Crippen LogP contribution in [-0.2, 0) is 19.2 Å². The van der Waals surface area contributed by atoms with E-state index in [4.69, 9.17) is 16.3 Å². The van der Waals surface area contributed by atoms with E-state index in [1.165, 1.54) is 23.0 Å². The first-order valence-electron chi connectivity index (χ1n) is 15.0. The molecule has 3 aromatic rings. The molecule has 4 amide bonds. The Morgan fingerprint density at radius 2 is 1.60 bits per heavy atom. The van der Waals surface area contributed by atoms with E-state index < -0.39 is 35.0 Å². The molecule has 2 heterocycles. The number of para-hydroxylation sites is 1. The number of rotatable bonds is 5. The molecule has 0 aromatic heterocycles. The summed E-state index contributed by atoms with van der Waals surface area (Å²) in [6.45, 7) is 1.85. The second-order valence-electron chi connectivity index (χ2n) is 12.3. The number of phenols is 1. The maximum atomic E-state index is 14.4. The number of aromatic hydroxyl groups is 1. The van der Waals surface area contributed by atoms with Crippen LogP contribution in [0.5, 0.6) is 11.5 Å². The zero-order valence-electron chi connectivity index (χ0n) is 24.7. The fraction of sp³-hybridized carbons (Fsp3) is 0.278.